The van der Waals surface area contributed by atoms with Gasteiger partial charge in [-0.3, -0.25) is 39.2 Å². The molecule has 1 saturated carbocycles. The number of hydrazine groups is 1. The number of amides is 6. The Labute approximate surface area is 845 Å². The van der Waals surface area contributed by atoms with Crippen molar-refractivity contribution in [3.63, 3.8) is 0 Å². The highest BCUT2D eigenvalue weighted by Gasteiger charge is 2.78. The number of aromatic nitrogens is 11. The largest absolute Gasteiger partial charge is 0.496 e. The van der Waals surface area contributed by atoms with E-state index in [1.54, 1.807) is 38.3 Å². The van der Waals surface area contributed by atoms with Gasteiger partial charge in [0.2, 0.25) is 35.5 Å². The lowest BCUT2D eigenvalue weighted by atomic mass is 9.47. The van der Waals surface area contributed by atoms with Gasteiger partial charge in [0.15, 0.2) is 36.0 Å². The molecule has 3 aromatic carbocycles. The second-order valence-electron chi connectivity index (χ2n) is 38.9. The number of aliphatic hydroxyl groups excluding tert-OH is 7. The number of ether oxygens (including phenoxy) is 6. The number of H-pyrrole nitrogens is 1. The summed E-state index contributed by atoms with van der Waals surface area (Å²) in [7, 11) is 6.29. The fraction of sp³-hybridized carbons (Fsp3) is 0.579. The van der Waals surface area contributed by atoms with Crippen molar-refractivity contribution in [2.75, 3.05) is 107 Å². The number of aromatic amines is 1. The standard InChI is InChI=1S/C95H127N23O26S2/c1-8-92(137)41-50-40-91(5,75-57(21-27-115(44-50)47-92)56-14-10-11-15-60(56)104-75)59-38-58-63(39-64(59)139-7)114(6)87-94(58)23-28-116-26-13-22-93(9-2,86(94)116)88(135)95(87,138)49(4)108-111-90(136)142-33-35-146-145-34-25-98-79(128)61(36-53-45-117(112-109-53)29-31-140-84-71(124)67(120)69(122)73(143-84)82(131)132)105-77(126)48(3)101-80(129)62(37-54-46-118(113-110-54)30-32-141-85-72(125)68(121)70(123)74(144-85)83(133)134)103-65(119)16-12-24-97-78(127)51-17-19-52(20-18-51)99-42-55-43-100-76-66(102-55)81(130)107-89(96)106-76/h10-11,13-15,17-20,22,38-39,43,45-46,48-50,61-62,67-74,84-88,99,104,108,120-125,135,137-138H,8-9,12,16,21,23-37,40-42,44,47H2,1-7H3,(H,97,127)(H,98,128)(H,101,129)(H,103,119)(H,105,126)(H,111,136)(H,131,132)(H,133,134)(H3,96,100,106,107,130)/t48-,49?,50-,61-,62-,67-,68-,69?,70?,71-,72-,73?,74?,84?,85?,86-,87+,88+,91+,92-,93+,94+,95-/m0/s1. The SMILES string of the molecule is CC[C@]1(O)C[C@H]2CN(CCc3c([nH]c4ccccc34)[C@@](C)(c3cc4c(cc3OC)N(C)[C@@H]3[C@]45CCN4CC=C[C@@](CC)([C@@H](O)[C@]3(O)C(C)NNC(=O)OCCSSCCNC(=O)[C@H](Cc3cn(CCOC6OC(C(=O)O)C(O)[C@H](O)[C@@H]6O)nn3)NC(=O)[C@H](C)NC(=O)[C@H](Cc3cn(CCOC6OC(C(=O)O)C(O)[C@H](O)[C@@H]6O)nn3)NC(=O)CCCNC(=O)c3ccc(NCc6cnc7nc(N)nc(O)c7n6)cc3)[C@H]45)C2)C1. The Bertz CT molecular complexity index is 6090. The minimum atomic E-state index is -1.97. The fourth-order valence-electron chi connectivity index (χ4n) is 22.4. The monoisotopic (exact) mass is 2070 g/mol. The number of nitrogen functional groups attached to an aromatic ring is 1. The highest BCUT2D eigenvalue weighted by Crippen LogP contribution is 2.68. The third-order valence-electron chi connectivity index (χ3n) is 29.6. The highest BCUT2D eigenvalue weighted by atomic mass is 33.1. The van der Waals surface area contributed by atoms with E-state index in [0.717, 1.165) is 52.9 Å². The molecule has 8 aliphatic rings. The van der Waals surface area contributed by atoms with Crippen LogP contribution in [0.4, 0.5) is 22.1 Å². The quantitative estimate of drug-likeness (QED) is 0.00853. The highest BCUT2D eigenvalue weighted by molar-refractivity contribution is 8.76. The van der Waals surface area contributed by atoms with Crippen LogP contribution in [0.3, 0.4) is 0 Å². The summed E-state index contributed by atoms with van der Waals surface area (Å²) in [5.41, 5.74) is 14.1. The van der Waals surface area contributed by atoms with Crippen molar-refractivity contribution in [2.24, 2.45) is 11.3 Å². The van der Waals surface area contributed by atoms with Gasteiger partial charge >= 0.3 is 18.0 Å². The number of nitrogens with two attached hydrogens (primary N) is 1. The number of hydrogen-bond donors (Lipinski definition) is 22. The van der Waals surface area contributed by atoms with Gasteiger partial charge < -0.3 is 137 Å². The Hall–Kier alpha value is -11.7. The van der Waals surface area contributed by atoms with Crippen LogP contribution in [0.5, 0.6) is 11.6 Å². The molecule has 4 saturated heterocycles. The summed E-state index contributed by atoms with van der Waals surface area (Å²) >= 11 is 0. The zero-order chi connectivity index (χ0) is 104. The molecule has 49 nitrogen and oxygen atoms in total. The van der Waals surface area contributed by atoms with Gasteiger partial charge in [-0.15, -0.1) is 10.2 Å². The molecule has 0 radical (unpaired) electrons. The maximum atomic E-state index is 14.6. The summed E-state index contributed by atoms with van der Waals surface area (Å²) in [4.78, 5) is 135. The maximum absolute atomic E-state index is 14.6. The first-order valence-electron chi connectivity index (χ1n) is 48.7. The van der Waals surface area contributed by atoms with Gasteiger partial charge in [0.1, 0.15) is 72.7 Å². The zero-order valence-corrected chi connectivity index (χ0v) is 83.2. The average molecular weight is 2070 g/mol. The van der Waals surface area contributed by atoms with Crippen LogP contribution in [-0.2, 0) is 102 Å². The van der Waals surface area contributed by atoms with E-state index in [1.165, 1.54) is 62.0 Å². The first-order chi connectivity index (χ1) is 69.8. The van der Waals surface area contributed by atoms with Gasteiger partial charge in [-0.1, -0.05) is 76.2 Å². The van der Waals surface area contributed by atoms with E-state index in [0.29, 0.717) is 68.9 Å². The number of rotatable bonds is 42. The number of piperidine rings is 1. The second kappa shape index (κ2) is 45.1. The molecule has 1 spiro atoms. The number of carboxylic acids is 2. The fourth-order valence-corrected chi connectivity index (χ4v) is 24.2. The van der Waals surface area contributed by atoms with Crippen LogP contribution in [0, 0.1) is 11.3 Å². The number of aromatic hydroxyl groups is 1. The van der Waals surface area contributed by atoms with Crippen molar-refractivity contribution in [2.45, 2.75) is 244 Å². The molecule has 23 N–H and O–H groups in total. The zero-order valence-electron chi connectivity index (χ0n) is 81.5. The number of benzene rings is 3. The third-order valence-corrected chi connectivity index (χ3v) is 31.9. The van der Waals surface area contributed by atoms with Gasteiger partial charge in [0, 0.05) is 157 Å². The number of carbonyl (C=O) groups excluding carboxylic acids is 6. The number of fused-ring (bicyclic) bond motifs is 7. The van der Waals surface area contributed by atoms with Gasteiger partial charge in [-0.05, 0) is 126 Å². The lowest BCUT2D eigenvalue weighted by Crippen LogP contribution is -2.82. The molecule has 1 aliphatic carbocycles. The normalized spacial score (nSPS) is 29.0. The number of likely N-dealkylation sites (N-methyl/N-ethyl adjacent to an activating group) is 1. The van der Waals surface area contributed by atoms with Crippen LogP contribution in [0.1, 0.15) is 129 Å². The van der Waals surface area contributed by atoms with Gasteiger partial charge in [0.25, 0.3) is 5.91 Å². The van der Waals surface area contributed by atoms with Crippen LogP contribution in [0.15, 0.2) is 91.4 Å². The molecule has 8 aromatic rings. The Morgan fingerprint density at radius 2 is 1.38 bits per heavy atom. The Balaban J connectivity index is 0.551. The van der Waals surface area contributed by atoms with Gasteiger partial charge in [0.05, 0.1) is 87.0 Å². The summed E-state index contributed by atoms with van der Waals surface area (Å²) < 4.78 is 36.3. The molecule has 24 atom stereocenters. The molecule has 790 valence electrons. The molecule has 12 heterocycles. The summed E-state index contributed by atoms with van der Waals surface area (Å²) in [5, 5.41) is 165. The van der Waals surface area contributed by atoms with E-state index in [9.17, 15) is 99.6 Å². The summed E-state index contributed by atoms with van der Waals surface area (Å²) in [5.74, 6) is -6.26. The van der Waals surface area contributed by atoms with Gasteiger partial charge in [-0.2, -0.15) is 9.97 Å². The molecule has 51 heteroatoms. The molecule has 146 heavy (non-hydrogen) atoms. The Morgan fingerprint density at radius 1 is 0.719 bits per heavy atom. The predicted molar refractivity (Wildman–Crippen MR) is 524 cm³/mol. The molecule has 7 aliphatic heterocycles. The van der Waals surface area contributed by atoms with Crippen molar-refractivity contribution in [1.82, 2.24) is 102 Å². The van der Waals surface area contributed by atoms with Crippen molar-refractivity contribution in [3.05, 3.63) is 136 Å². The number of aliphatic hydroxyl groups is 9. The predicted octanol–water partition coefficient (Wildman–Crippen LogP) is -1.99. The van der Waals surface area contributed by atoms with E-state index < -0.39 is 179 Å². The van der Waals surface area contributed by atoms with Crippen molar-refractivity contribution < 1.29 is 128 Å². The number of methoxy groups -OCH3 is 1. The number of hydrogen-bond acceptors (Lipinski definition) is 40. The molecule has 16 rings (SSSR count). The topological polar surface area (TPSA) is 695 Å². The van der Waals surface area contributed by atoms with E-state index in [4.69, 9.17) is 34.2 Å². The molecular formula is C95H127N23O26S2. The van der Waals surface area contributed by atoms with Crippen LogP contribution in [0.25, 0.3) is 22.1 Å². The van der Waals surface area contributed by atoms with Crippen LogP contribution >= 0.6 is 21.6 Å². The first kappa shape index (κ1) is 107. The second-order valence-corrected chi connectivity index (χ2v) is 41.6. The van der Waals surface area contributed by atoms with Gasteiger partial charge in [-0.25, -0.2) is 39.1 Å². The average Bonchev–Trinajstić information content (AvgIpc) is 1.47. The molecule has 5 fully saturated rings. The summed E-state index contributed by atoms with van der Waals surface area (Å²) in [6.07, 6.45) is -9.65. The summed E-state index contributed by atoms with van der Waals surface area (Å²) in [6, 6.07) is 12.9. The van der Waals surface area contributed by atoms with Crippen molar-refractivity contribution in [1.29, 1.82) is 0 Å². The molecule has 5 aromatic heterocycles. The number of aliphatic carboxylic acids is 2. The molecular weight excluding hydrogens is 1940 g/mol. The summed E-state index contributed by atoms with van der Waals surface area (Å²) in [6.45, 7) is 12.2. The Kier molecular flexibility index (Phi) is 33.1. The molecule has 6 amide bonds. The van der Waals surface area contributed by atoms with Crippen LogP contribution in [-0.4, -0.2) is 380 Å². The number of para-hydroxylation sites is 1. The minimum Gasteiger partial charge on any atom is -0.496 e. The molecule has 2 bridgehead atoms. The van der Waals surface area contributed by atoms with E-state index in [-0.39, 0.29) is 136 Å². The number of carboxylic acid groups (broad SMARTS) is 2. The molecule has 8 unspecified atom stereocenters. The number of nitrogens with one attached hydrogen (secondary N) is 9. The number of anilines is 3. The number of nitrogens with zero attached hydrogens (tertiary/aromatic N) is 13. The Morgan fingerprint density at radius 3 is 2.04 bits per heavy atom. The first-order valence-corrected chi connectivity index (χ1v) is 51.2. The van der Waals surface area contributed by atoms with E-state index in [1.807, 2.05) is 7.05 Å². The van der Waals surface area contributed by atoms with E-state index >= 15 is 0 Å². The van der Waals surface area contributed by atoms with Crippen LogP contribution < -0.4 is 58.1 Å². The van der Waals surface area contributed by atoms with E-state index in [2.05, 4.69) is 172 Å². The lowest BCUT2D eigenvalue weighted by Gasteiger charge is -2.65. The minimum absolute atomic E-state index is 0.00781. The van der Waals surface area contributed by atoms with Crippen molar-refractivity contribution in [3.8, 4) is 11.6 Å². The van der Waals surface area contributed by atoms with Crippen molar-refractivity contribution >= 4 is 109 Å². The van der Waals surface area contributed by atoms with Crippen LogP contribution in [0.2, 0.25) is 0 Å². The lowest BCUT2D eigenvalue weighted by molar-refractivity contribution is -0.294. The third kappa shape index (κ3) is 22.1. The maximum Gasteiger partial charge on any atom is 0.421 e. The smallest absolute Gasteiger partial charge is 0.421 e. The number of carbonyl (C=O) groups is 8.